The summed E-state index contributed by atoms with van der Waals surface area (Å²) in [7, 11) is 0. The fraction of sp³-hybridized carbons (Fsp3) is 0.412. The van der Waals surface area contributed by atoms with E-state index in [2.05, 4.69) is 89.6 Å². The van der Waals surface area contributed by atoms with Crippen LogP contribution in [-0.4, -0.2) is 19.9 Å². The van der Waals surface area contributed by atoms with Crippen LogP contribution in [0.25, 0.3) is 44.4 Å². The van der Waals surface area contributed by atoms with Gasteiger partial charge >= 0.3 is 0 Å². The minimum Gasteiger partial charge on any atom is -0.355 e. The fourth-order valence-electron chi connectivity index (χ4n) is 6.26. The van der Waals surface area contributed by atoms with E-state index >= 15 is 0 Å². The minimum absolute atomic E-state index is 0.978. The molecule has 0 unspecified atom stereocenters. The summed E-state index contributed by atoms with van der Waals surface area (Å²) >= 11 is 0. The number of aromatic nitrogens is 4. The van der Waals surface area contributed by atoms with Crippen molar-refractivity contribution in [2.75, 3.05) is 0 Å². The number of aromatic amines is 2. The van der Waals surface area contributed by atoms with E-state index in [0.29, 0.717) is 0 Å². The molecule has 2 N–H and O–H groups in total. The van der Waals surface area contributed by atoms with E-state index in [4.69, 9.17) is 9.97 Å². The number of nitrogens with one attached hydrogen (secondary N) is 2. The van der Waals surface area contributed by atoms with Crippen molar-refractivity contribution in [1.82, 2.24) is 19.9 Å². The SMILES string of the molecule is CCCC1=C(C)c2cc3[nH]c(cc4[nH]c(cc5nc(cc1n2)C(CCC)=C5C)c(CC)c4C)c(CC)c3C. The van der Waals surface area contributed by atoms with E-state index in [1.54, 1.807) is 0 Å². The number of aryl methyl sites for hydroxylation is 4. The Labute approximate surface area is 227 Å². The molecule has 0 amide bonds. The van der Waals surface area contributed by atoms with E-state index in [1.807, 2.05) is 0 Å². The lowest BCUT2D eigenvalue weighted by Crippen LogP contribution is -1.87. The molecule has 0 saturated carbocycles. The molecule has 3 aromatic heterocycles. The fourth-order valence-corrected chi connectivity index (χ4v) is 6.26. The molecular weight excluding hydrogens is 464 g/mol. The van der Waals surface area contributed by atoms with Gasteiger partial charge in [-0.15, -0.1) is 0 Å². The maximum absolute atomic E-state index is 5.22. The van der Waals surface area contributed by atoms with Crippen LogP contribution in [0.15, 0.2) is 24.3 Å². The highest BCUT2D eigenvalue weighted by Crippen LogP contribution is 2.38. The Balaban J connectivity index is 1.97. The van der Waals surface area contributed by atoms with Gasteiger partial charge in [-0.2, -0.15) is 0 Å². The second-order valence-electron chi connectivity index (χ2n) is 10.9. The molecule has 4 nitrogen and oxygen atoms in total. The van der Waals surface area contributed by atoms with Gasteiger partial charge in [-0.05, 0) is 122 Å². The van der Waals surface area contributed by atoms with E-state index in [9.17, 15) is 0 Å². The van der Waals surface area contributed by atoms with Crippen molar-refractivity contribution >= 4 is 44.4 Å². The summed E-state index contributed by atoms with van der Waals surface area (Å²) in [5.41, 5.74) is 19.6. The molecule has 0 radical (unpaired) electrons. The zero-order valence-corrected chi connectivity index (χ0v) is 24.4. The third-order valence-corrected chi connectivity index (χ3v) is 8.51. The number of fused-ring (bicyclic) bond motifs is 8. The maximum atomic E-state index is 5.22. The molecule has 0 aromatic carbocycles. The lowest BCUT2D eigenvalue weighted by atomic mass is 9.98. The smallest absolute Gasteiger partial charge is 0.0694 e. The highest BCUT2D eigenvalue weighted by Gasteiger charge is 2.21. The third kappa shape index (κ3) is 4.34. The Morgan fingerprint density at radius 3 is 1.39 bits per heavy atom. The molecule has 5 rings (SSSR count). The van der Waals surface area contributed by atoms with Crippen LogP contribution >= 0.6 is 0 Å². The number of nitrogens with zero attached hydrogens (tertiary/aromatic N) is 2. The predicted molar refractivity (Wildman–Crippen MR) is 164 cm³/mol. The zero-order valence-electron chi connectivity index (χ0n) is 24.4. The van der Waals surface area contributed by atoms with Crippen molar-refractivity contribution in [2.24, 2.45) is 0 Å². The molecule has 2 aliphatic rings. The molecule has 38 heavy (non-hydrogen) atoms. The summed E-state index contributed by atoms with van der Waals surface area (Å²) in [4.78, 5) is 17.9. The van der Waals surface area contributed by atoms with Crippen LogP contribution in [0.3, 0.4) is 0 Å². The monoisotopic (exact) mass is 506 g/mol. The maximum Gasteiger partial charge on any atom is 0.0694 e. The van der Waals surface area contributed by atoms with Crippen molar-refractivity contribution in [3.8, 4) is 0 Å². The van der Waals surface area contributed by atoms with Crippen LogP contribution in [0.2, 0.25) is 0 Å². The van der Waals surface area contributed by atoms with Crippen molar-refractivity contribution in [3.05, 3.63) is 69.3 Å². The van der Waals surface area contributed by atoms with Crippen LogP contribution in [0, 0.1) is 13.8 Å². The van der Waals surface area contributed by atoms with Crippen molar-refractivity contribution in [3.63, 3.8) is 0 Å². The van der Waals surface area contributed by atoms with Gasteiger partial charge in [-0.3, -0.25) is 0 Å². The molecule has 5 heterocycles. The van der Waals surface area contributed by atoms with Gasteiger partial charge in [-0.25, -0.2) is 9.97 Å². The summed E-state index contributed by atoms with van der Waals surface area (Å²) in [5, 5.41) is 0. The van der Waals surface area contributed by atoms with Gasteiger partial charge < -0.3 is 9.97 Å². The lowest BCUT2D eigenvalue weighted by Gasteiger charge is -2.04. The second kappa shape index (κ2) is 10.4. The van der Waals surface area contributed by atoms with Gasteiger partial charge in [0.25, 0.3) is 0 Å². The lowest BCUT2D eigenvalue weighted by molar-refractivity contribution is 0.967. The van der Waals surface area contributed by atoms with Crippen LogP contribution in [0.4, 0.5) is 0 Å². The average molecular weight is 507 g/mol. The zero-order chi connectivity index (χ0) is 27.1. The Morgan fingerprint density at radius 1 is 0.526 bits per heavy atom. The Bertz CT molecular complexity index is 1640. The Hall–Kier alpha value is -3.40. The molecule has 198 valence electrons. The molecule has 0 aliphatic carbocycles. The first-order valence-corrected chi connectivity index (χ1v) is 14.4. The van der Waals surface area contributed by atoms with E-state index < -0.39 is 0 Å². The van der Waals surface area contributed by atoms with Gasteiger partial charge in [-0.1, -0.05) is 40.5 Å². The van der Waals surface area contributed by atoms with Crippen molar-refractivity contribution in [1.29, 1.82) is 0 Å². The summed E-state index contributed by atoms with van der Waals surface area (Å²) < 4.78 is 0. The van der Waals surface area contributed by atoms with Gasteiger partial charge in [0.2, 0.25) is 0 Å². The number of H-pyrrole nitrogens is 2. The molecule has 0 spiro atoms. The summed E-state index contributed by atoms with van der Waals surface area (Å²) in [5.74, 6) is 0. The topological polar surface area (TPSA) is 57.4 Å². The highest BCUT2D eigenvalue weighted by atomic mass is 14.8. The molecule has 0 fully saturated rings. The Morgan fingerprint density at radius 2 is 0.947 bits per heavy atom. The van der Waals surface area contributed by atoms with Crippen molar-refractivity contribution in [2.45, 2.75) is 93.9 Å². The summed E-state index contributed by atoms with van der Waals surface area (Å²) in [6.07, 6.45) is 6.19. The first kappa shape index (κ1) is 26.2. The van der Waals surface area contributed by atoms with E-state index in [-0.39, 0.29) is 0 Å². The molecular formula is C34H42N4. The molecule has 8 bridgehead atoms. The van der Waals surface area contributed by atoms with E-state index in [1.165, 1.54) is 61.1 Å². The number of rotatable bonds is 6. The molecule has 0 saturated heterocycles. The standard InChI is InChI=1S/C34H42N4/c1-9-13-25-21(7)28-15-27-19(5)23(11-3)31(35-27)16-29-20(6)24(12-4)32(36-29)17-30-22(8)26(14-10-2)34(38-30)18-33(25)37-28/h15-18,35-36H,9-14H2,1-8H3. The third-order valence-electron chi connectivity index (χ3n) is 8.51. The van der Waals surface area contributed by atoms with Gasteiger partial charge in [0.1, 0.15) is 0 Å². The van der Waals surface area contributed by atoms with Gasteiger partial charge in [0.05, 0.1) is 22.8 Å². The first-order chi connectivity index (χ1) is 18.3. The molecule has 0 atom stereocenters. The van der Waals surface area contributed by atoms with Crippen LogP contribution in [-0.2, 0) is 12.8 Å². The quantitative estimate of drug-likeness (QED) is 0.350. The molecule has 4 heteroatoms. The van der Waals surface area contributed by atoms with E-state index in [0.717, 1.165) is 66.8 Å². The molecule has 2 aliphatic heterocycles. The van der Waals surface area contributed by atoms with Crippen LogP contribution < -0.4 is 0 Å². The number of allylic oxidation sites excluding steroid dienone is 4. The first-order valence-electron chi connectivity index (χ1n) is 14.4. The van der Waals surface area contributed by atoms with Gasteiger partial charge in [0, 0.05) is 22.1 Å². The summed E-state index contributed by atoms with van der Waals surface area (Å²) in [6, 6.07) is 9.07. The van der Waals surface area contributed by atoms with Crippen molar-refractivity contribution < 1.29 is 0 Å². The normalized spacial score (nSPS) is 13.7. The highest BCUT2D eigenvalue weighted by molar-refractivity contribution is 5.95. The van der Waals surface area contributed by atoms with Crippen LogP contribution in [0.1, 0.15) is 112 Å². The van der Waals surface area contributed by atoms with Crippen LogP contribution in [0.5, 0.6) is 0 Å². The number of hydrogen-bond donors (Lipinski definition) is 2. The van der Waals surface area contributed by atoms with Gasteiger partial charge in [0.15, 0.2) is 0 Å². The summed E-state index contributed by atoms with van der Waals surface area (Å²) in [6.45, 7) is 17.9. The Kier molecular flexibility index (Phi) is 7.17. The largest absolute Gasteiger partial charge is 0.355 e. The predicted octanol–water partition coefficient (Wildman–Crippen LogP) is 9.52. The molecule has 3 aromatic rings. The second-order valence-corrected chi connectivity index (χ2v) is 10.9. The average Bonchev–Trinajstić information content (AvgIpc) is 3.55. The number of hydrogen-bond acceptors (Lipinski definition) is 2. The minimum atomic E-state index is 0.978.